The van der Waals surface area contributed by atoms with Gasteiger partial charge in [-0.3, -0.25) is 9.59 Å². The van der Waals surface area contributed by atoms with E-state index in [2.05, 4.69) is 20.6 Å². The Balaban J connectivity index is 1.58. The lowest BCUT2D eigenvalue weighted by molar-refractivity contribution is -0.117. The maximum atomic E-state index is 13.2. The number of rotatable bonds is 6. The largest absolute Gasteiger partial charge is 0.360 e. The number of alkyl halides is 2. The Morgan fingerprint density at radius 2 is 1.69 bits per heavy atom. The summed E-state index contributed by atoms with van der Waals surface area (Å²) >= 11 is 31.2. The number of anilines is 2. The number of amides is 2. The molecule has 11 heteroatoms. The molecule has 180 valence electrons. The van der Waals surface area contributed by atoms with E-state index in [1.54, 1.807) is 36.7 Å². The molecule has 1 unspecified atom stereocenters. The number of fused-ring (bicyclic) bond motifs is 1. The minimum atomic E-state index is -1.49. The highest BCUT2D eigenvalue weighted by molar-refractivity contribution is 6.50. The zero-order chi connectivity index (χ0) is 25.3. The van der Waals surface area contributed by atoms with Crippen molar-refractivity contribution in [3.63, 3.8) is 0 Å². The number of carbonyl (C=O) groups is 2. The van der Waals surface area contributed by atoms with Crippen LogP contribution in [0, 0.1) is 0 Å². The number of nitrogens with one attached hydrogen (secondary N) is 3. The summed E-state index contributed by atoms with van der Waals surface area (Å²) in [4.78, 5) is 33.4. The van der Waals surface area contributed by atoms with Gasteiger partial charge in [0, 0.05) is 27.3 Å². The fourth-order valence-electron chi connectivity index (χ4n) is 3.61. The molecule has 2 aromatic carbocycles. The number of aromatic amines is 1. The van der Waals surface area contributed by atoms with E-state index in [0.717, 1.165) is 10.9 Å². The zero-order valence-electron chi connectivity index (χ0n) is 18.0. The molecule has 0 spiro atoms. The predicted molar refractivity (Wildman–Crippen MR) is 143 cm³/mol. The second-order valence-corrected chi connectivity index (χ2v) is 10.9. The molecule has 0 radical (unpaired) electrons. The van der Waals surface area contributed by atoms with Gasteiger partial charge < -0.3 is 15.6 Å². The number of aromatic nitrogens is 2. The Kier molecular flexibility index (Phi) is 7.50. The first kappa shape index (κ1) is 25.6. The molecule has 4 aromatic rings. The van der Waals surface area contributed by atoms with Crippen LogP contribution in [0.25, 0.3) is 10.9 Å². The van der Waals surface area contributed by atoms with Crippen LogP contribution in [0.4, 0.5) is 11.5 Å². The van der Waals surface area contributed by atoms with E-state index in [0.29, 0.717) is 27.1 Å². The van der Waals surface area contributed by atoms with E-state index in [9.17, 15) is 9.59 Å². The van der Waals surface area contributed by atoms with Gasteiger partial charge in [0.2, 0.25) is 5.91 Å². The van der Waals surface area contributed by atoms with Crippen molar-refractivity contribution in [1.29, 1.82) is 0 Å². The van der Waals surface area contributed by atoms with Gasteiger partial charge in [-0.2, -0.15) is 0 Å². The van der Waals surface area contributed by atoms with E-state index in [1.807, 2.05) is 6.07 Å². The molecule has 0 saturated heterocycles. The SMILES string of the molecule is CC(Cl)(Cl)C(C(=O)Nc1ccc(Cl)c(C(=O)Nc2cc3cc[nH]c3cn2)c1)c1cc(Cl)cc(Cl)c1. The lowest BCUT2D eigenvalue weighted by Crippen LogP contribution is -2.32. The normalized spacial score (nSPS) is 12.4. The van der Waals surface area contributed by atoms with Gasteiger partial charge in [-0.05, 0) is 61.0 Å². The summed E-state index contributed by atoms with van der Waals surface area (Å²) in [5.74, 6) is -1.69. The molecule has 2 heterocycles. The lowest BCUT2D eigenvalue weighted by atomic mass is 9.94. The van der Waals surface area contributed by atoms with Crippen LogP contribution in [0.5, 0.6) is 0 Å². The van der Waals surface area contributed by atoms with Crippen molar-refractivity contribution in [1.82, 2.24) is 9.97 Å². The first-order valence-corrected chi connectivity index (χ1v) is 12.1. The van der Waals surface area contributed by atoms with Crippen LogP contribution in [0.2, 0.25) is 15.1 Å². The number of hydrogen-bond donors (Lipinski definition) is 3. The fourth-order valence-corrected chi connectivity index (χ4v) is 4.81. The number of pyridine rings is 1. The van der Waals surface area contributed by atoms with Crippen LogP contribution in [0.3, 0.4) is 0 Å². The van der Waals surface area contributed by atoms with Gasteiger partial charge in [0.25, 0.3) is 5.91 Å². The van der Waals surface area contributed by atoms with Gasteiger partial charge in [-0.15, -0.1) is 23.2 Å². The van der Waals surface area contributed by atoms with Gasteiger partial charge in [-0.1, -0.05) is 34.8 Å². The Hall–Kier alpha value is -2.48. The van der Waals surface area contributed by atoms with Crippen molar-refractivity contribution < 1.29 is 9.59 Å². The molecule has 0 saturated carbocycles. The van der Waals surface area contributed by atoms with Crippen molar-refractivity contribution in [2.24, 2.45) is 0 Å². The van der Waals surface area contributed by atoms with Crippen molar-refractivity contribution in [3.05, 3.63) is 87.1 Å². The summed E-state index contributed by atoms with van der Waals surface area (Å²) in [7, 11) is 0. The number of nitrogens with zero attached hydrogens (tertiary/aromatic N) is 1. The lowest BCUT2D eigenvalue weighted by Gasteiger charge is -2.26. The number of benzene rings is 2. The second-order valence-electron chi connectivity index (χ2n) is 7.86. The standard InChI is InChI=1S/C24H17Cl5N4O2/c1-24(28,29)21(13-6-14(25)9-15(26)7-13)23(35)32-16-2-3-18(27)17(10-16)22(34)33-20-8-12-4-5-30-19(12)11-31-20/h2-11,21,30H,1H3,(H,32,35)(H,31,33,34). The molecule has 1 atom stereocenters. The van der Waals surface area contributed by atoms with E-state index in [-0.39, 0.29) is 10.6 Å². The second kappa shape index (κ2) is 10.2. The third-order valence-corrected chi connectivity index (χ3v) is 6.35. The monoisotopic (exact) mass is 568 g/mol. The highest BCUT2D eigenvalue weighted by Gasteiger charge is 2.37. The zero-order valence-corrected chi connectivity index (χ0v) is 21.8. The maximum absolute atomic E-state index is 13.2. The van der Waals surface area contributed by atoms with Gasteiger partial charge in [0.05, 0.1) is 28.2 Å². The first-order valence-electron chi connectivity index (χ1n) is 10.2. The molecule has 0 bridgehead atoms. The smallest absolute Gasteiger partial charge is 0.258 e. The molecule has 6 nitrogen and oxygen atoms in total. The molecule has 2 aromatic heterocycles. The Morgan fingerprint density at radius 1 is 0.971 bits per heavy atom. The average Bonchev–Trinajstić information content (AvgIpc) is 3.21. The summed E-state index contributed by atoms with van der Waals surface area (Å²) < 4.78 is -1.49. The number of H-pyrrole nitrogens is 1. The van der Waals surface area contributed by atoms with Crippen LogP contribution >= 0.6 is 58.0 Å². The molecule has 4 rings (SSSR count). The Bertz CT molecular complexity index is 1410. The number of hydrogen-bond acceptors (Lipinski definition) is 3. The topological polar surface area (TPSA) is 86.9 Å². The summed E-state index contributed by atoms with van der Waals surface area (Å²) in [5.41, 5.74) is 1.73. The first-order chi connectivity index (χ1) is 16.5. The van der Waals surface area contributed by atoms with Crippen molar-refractivity contribution >= 4 is 92.2 Å². The number of carbonyl (C=O) groups excluding carboxylic acids is 2. The summed E-state index contributed by atoms with van der Waals surface area (Å²) in [6.45, 7) is 1.49. The maximum Gasteiger partial charge on any atom is 0.258 e. The molecule has 0 aliphatic carbocycles. The van der Waals surface area contributed by atoms with E-state index < -0.39 is 22.1 Å². The third-order valence-electron chi connectivity index (χ3n) is 5.15. The fraction of sp³-hybridized carbons (Fsp3) is 0.125. The third kappa shape index (κ3) is 6.02. The summed E-state index contributed by atoms with van der Waals surface area (Å²) in [6.07, 6.45) is 3.39. The Morgan fingerprint density at radius 3 is 2.37 bits per heavy atom. The minimum Gasteiger partial charge on any atom is -0.360 e. The molecule has 2 amide bonds. The van der Waals surface area contributed by atoms with Gasteiger partial charge >= 0.3 is 0 Å². The molecule has 0 aliphatic rings. The molecule has 35 heavy (non-hydrogen) atoms. The van der Waals surface area contributed by atoms with Gasteiger partial charge in [0.15, 0.2) is 0 Å². The summed E-state index contributed by atoms with van der Waals surface area (Å²) in [6, 6.07) is 12.8. The van der Waals surface area contributed by atoms with Crippen molar-refractivity contribution in [2.75, 3.05) is 10.6 Å². The van der Waals surface area contributed by atoms with Crippen LogP contribution in [0.15, 0.2) is 60.9 Å². The quantitative estimate of drug-likeness (QED) is 0.208. The van der Waals surface area contributed by atoms with Crippen LogP contribution in [-0.2, 0) is 4.79 Å². The summed E-state index contributed by atoms with van der Waals surface area (Å²) in [5, 5.41) is 7.21. The predicted octanol–water partition coefficient (Wildman–Crippen LogP) is 7.69. The highest BCUT2D eigenvalue weighted by Crippen LogP contribution is 2.40. The van der Waals surface area contributed by atoms with Crippen LogP contribution in [-0.4, -0.2) is 26.1 Å². The molecule has 0 aliphatic heterocycles. The van der Waals surface area contributed by atoms with Crippen molar-refractivity contribution in [2.45, 2.75) is 17.2 Å². The van der Waals surface area contributed by atoms with Gasteiger partial charge in [-0.25, -0.2) is 4.98 Å². The number of halogens is 5. The Labute approximate surface area is 225 Å². The van der Waals surface area contributed by atoms with Gasteiger partial charge in [0.1, 0.15) is 10.2 Å². The van der Waals surface area contributed by atoms with E-state index >= 15 is 0 Å². The van der Waals surface area contributed by atoms with E-state index in [4.69, 9.17) is 58.0 Å². The van der Waals surface area contributed by atoms with Crippen LogP contribution < -0.4 is 10.6 Å². The van der Waals surface area contributed by atoms with Crippen molar-refractivity contribution in [3.8, 4) is 0 Å². The van der Waals surface area contributed by atoms with Crippen LogP contribution in [0.1, 0.15) is 28.8 Å². The highest BCUT2D eigenvalue weighted by atomic mass is 35.5. The van der Waals surface area contributed by atoms with E-state index in [1.165, 1.54) is 25.1 Å². The molecule has 0 fully saturated rings. The molecule has 3 N–H and O–H groups in total. The molecular weight excluding hydrogens is 554 g/mol. The average molecular weight is 571 g/mol. The molecular formula is C24H17Cl5N4O2. The minimum absolute atomic E-state index is 0.141.